The Bertz CT molecular complexity index is 977. The van der Waals surface area contributed by atoms with Crippen LogP contribution in [-0.2, 0) is 6.54 Å². The molecule has 2 saturated heterocycles. The van der Waals surface area contributed by atoms with E-state index in [2.05, 4.69) is 63.2 Å². The second-order valence-corrected chi connectivity index (χ2v) is 8.71. The summed E-state index contributed by atoms with van der Waals surface area (Å²) in [4.78, 5) is 18.9. The van der Waals surface area contributed by atoms with Crippen LogP contribution in [0.2, 0.25) is 0 Å². The Labute approximate surface area is 178 Å². The molecule has 4 heterocycles. The minimum Gasteiger partial charge on any atom is -0.356 e. The second kappa shape index (κ2) is 8.15. The lowest BCUT2D eigenvalue weighted by Crippen LogP contribution is -2.49. The highest BCUT2D eigenvalue weighted by atomic mass is 15.3. The van der Waals surface area contributed by atoms with E-state index < -0.39 is 0 Å². The summed E-state index contributed by atoms with van der Waals surface area (Å²) < 4.78 is 0. The van der Waals surface area contributed by atoms with Crippen LogP contribution in [0.5, 0.6) is 0 Å². The van der Waals surface area contributed by atoms with E-state index in [9.17, 15) is 0 Å². The van der Waals surface area contributed by atoms with Crippen molar-refractivity contribution in [3.63, 3.8) is 0 Å². The van der Waals surface area contributed by atoms with Crippen LogP contribution in [0, 0.1) is 6.92 Å². The summed E-state index contributed by atoms with van der Waals surface area (Å²) in [5.74, 6) is 1.77. The van der Waals surface area contributed by atoms with Crippen LogP contribution in [-0.4, -0.2) is 45.0 Å². The average Bonchev–Trinajstić information content (AvgIpc) is 3.01. The summed E-state index contributed by atoms with van der Waals surface area (Å²) in [6, 6.07) is 18.8. The number of hydrogen-bond acceptors (Lipinski definition) is 5. The van der Waals surface area contributed by atoms with Crippen molar-refractivity contribution in [2.45, 2.75) is 57.3 Å². The molecule has 2 aliphatic heterocycles. The van der Waals surface area contributed by atoms with Crippen LogP contribution in [0.3, 0.4) is 0 Å². The third-order valence-corrected chi connectivity index (χ3v) is 6.74. The van der Waals surface area contributed by atoms with Gasteiger partial charge >= 0.3 is 0 Å². The molecule has 2 fully saturated rings. The van der Waals surface area contributed by atoms with E-state index in [1.54, 1.807) is 6.20 Å². The van der Waals surface area contributed by atoms with E-state index in [-0.39, 0.29) is 0 Å². The van der Waals surface area contributed by atoms with E-state index in [1.165, 1.54) is 31.2 Å². The topological polar surface area (TPSA) is 45.2 Å². The fourth-order valence-corrected chi connectivity index (χ4v) is 5.16. The van der Waals surface area contributed by atoms with Gasteiger partial charge in [-0.05, 0) is 50.3 Å². The first-order valence-corrected chi connectivity index (χ1v) is 11.0. The maximum atomic E-state index is 4.90. The molecule has 2 atom stereocenters. The zero-order valence-electron chi connectivity index (χ0n) is 17.8. The van der Waals surface area contributed by atoms with Crippen LogP contribution < -0.4 is 4.90 Å². The quantitative estimate of drug-likeness (QED) is 0.633. The van der Waals surface area contributed by atoms with E-state index in [0.29, 0.717) is 18.1 Å². The van der Waals surface area contributed by atoms with Gasteiger partial charge in [0, 0.05) is 61.4 Å². The number of piperidine rings is 1. The lowest BCUT2D eigenvalue weighted by Gasteiger charge is -2.42. The lowest BCUT2D eigenvalue weighted by molar-refractivity contribution is 0.118. The normalized spacial score (nSPS) is 23.5. The van der Waals surface area contributed by atoms with Crippen LogP contribution in [0.4, 0.5) is 5.82 Å². The highest BCUT2D eigenvalue weighted by molar-refractivity contribution is 5.56. The van der Waals surface area contributed by atoms with Gasteiger partial charge < -0.3 is 4.90 Å². The van der Waals surface area contributed by atoms with Crippen molar-refractivity contribution in [1.29, 1.82) is 0 Å². The zero-order chi connectivity index (χ0) is 20.5. The van der Waals surface area contributed by atoms with Crippen molar-refractivity contribution >= 4 is 5.82 Å². The number of fused-ring (bicyclic) bond motifs is 2. The molecule has 2 unspecified atom stereocenters. The van der Waals surface area contributed by atoms with Crippen molar-refractivity contribution in [1.82, 2.24) is 19.9 Å². The van der Waals surface area contributed by atoms with Gasteiger partial charge in [-0.15, -0.1) is 0 Å². The van der Waals surface area contributed by atoms with E-state index in [1.807, 2.05) is 25.3 Å². The number of pyridine rings is 1. The number of aryl methyl sites for hydroxylation is 1. The van der Waals surface area contributed by atoms with Gasteiger partial charge in [0.25, 0.3) is 0 Å². The zero-order valence-corrected chi connectivity index (χ0v) is 17.8. The van der Waals surface area contributed by atoms with Gasteiger partial charge in [-0.2, -0.15) is 0 Å². The third-order valence-electron chi connectivity index (χ3n) is 6.74. The number of anilines is 1. The SMILES string of the molecule is Cc1cc(N(C)C2CC3CCC(C2)N3Cc2ccccc2)nc(-c2cccnc2)n1. The van der Waals surface area contributed by atoms with Crippen molar-refractivity contribution in [3.05, 3.63) is 72.2 Å². The molecule has 1 aromatic carbocycles. The number of aromatic nitrogens is 3. The molecule has 0 N–H and O–H groups in total. The monoisotopic (exact) mass is 399 g/mol. The molecule has 2 bridgehead atoms. The summed E-state index contributed by atoms with van der Waals surface area (Å²) in [5, 5.41) is 0. The molecule has 0 radical (unpaired) electrons. The van der Waals surface area contributed by atoms with Crippen molar-refractivity contribution in [3.8, 4) is 11.4 Å². The summed E-state index contributed by atoms with van der Waals surface area (Å²) in [7, 11) is 2.20. The van der Waals surface area contributed by atoms with Gasteiger partial charge in [-0.3, -0.25) is 9.88 Å². The first kappa shape index (κ1) is 19.2. The predicted octanol–water partition coefficient (Wildman–Crippen LogP) is 4.48. The molecule has 5 heteroatoms. The Balaban J connectivity index is 1.33. The number of rotatable bonds is 5. The molecule has 0 aliphatic carbocycles. The molecular weight excluding hydrogens is 370 g/mol. The summed E-state index contributed by atoms with van der Waals surface area (Å²) >= 11 is 0. The molecule has 154 valence electrons. The van der Waals surface area contributed by atoms with Gasteiger partial charge in [-0.25, -0.2) is 9.97 Å². The molecule has 5 nitrogen and oxygen atoms in total. The molecule has 0 amide bonds. The Morgan fingerprint density at radius 3 is 2.47 bits per heavy atom. The summed E-state index contributed by atoms with van der Waals surface area (Å²) in [6.07, 6.45) is 8.64. The Hall–Kier alpha value is -2.79. The van der Waals surface area contributed by atoms with Gasteiger partial charge in [0.1, 0.15) is 5.82 Å². The maximum absolute atomic E-state index is 4.90. The molecule has 2 aliphatic rings. The van der Waals surface area contributed by atoms with E-state index in [4.69, 9.17) is 4.98 Å². The minimum atomic E-state index is 0.519. The first-order valence-electron chi connectivity index (χ1n) is 11.0. The lowest BCUT2D eigenvalue weighted by atomic mass is 9.95. The van der Waals surface area contributed by atoms with E-state index in [0.717, 1.165) is 29.4 Å². The number of hydrogen-bond donors (Lipinski definition) is 0. The molecule has 30 heavy (non-hydrogen) atoms. The molecule has 3 aromatic rings. The molecular formula is C25H29N5. The first-order chi connectivity index (χ1) is 14.7. The second-order valence-electron chi connectivity index (χ2n) is 8.71. The molecule has 0 spiro atoms. The van der Waals surface area contributed by atoms with Crippen LogP contribution >= 0.6 is 0 Å². The standard InChI is InChI=1S/C25H29N5/c1-18-13-24(28-25(27-18)20-9-6-12-26-16-20)29(2)23-14-21-10-11-22(15-23)30(21)17-19-7-4-3-5-8-19/h3-9,12-13,16,21-23H,10-11,14-15,17H2,1-2H3. The molecule has 0 saturated carbocycles. The average molecular weight is 400 g/mol. The van der Waals surface area contributed by atoms with Gasteiger partial charge in [-0.1, -0.05) is 30.3 Å². The fourth-order valence-electron chi connectivity index (χ4n) is 5.16. The van der Waals surface area contributed by atoms with Crippen LogP contribution in [0.15, 0.2) is 60.9 Å². The van der Waals surface area contributed by atoms with Crippen LogP contribution in [0.1, 0.15) is 36.9 Å². The van der Waals surface area contributed by atoms with Crippen molar-refractivity contribution in [2.75, 3.05) is 11.9 Å². The number of benzene rings is 1. The van der Waals surface area contributed by atoms with Gasteiger partial charge in [0.2, 0.25) is 0 Å². The summed E-state index contributed by atoms with van der Waals surface area (Å²) in [6.45, 7) is 3.12. The van der Waals surface area contributed by atoms with Gasteiger partial charge in [0.15, 0.2) is 5.82 Å². The van der Waals surface area contributed by atoms with Gasteiger partial charge in [0.05, 0.1) is 0 Å². The Morgan fingerprint density at radius 1 is 1.00 bits per heavy atom. The Morgan fingerprint density at radius 2 is 1.77 bits per heavy atom. The largest absolute Gasteiger partial charge is 0.356 e. The van der Waals surface area contributed by atoms with Crippen LogP contribution in [0.25, 0.3) is 11.4 Å². The van der Waals surface area contributed by atoms with Crippen molar-refractivity contribution in [2.24, 2.45) is 0 Å². The maximum Gasteiger partial charge on any atom is 0.163 e. The molecule has 5 rings (SSSR count). The minimum absolute atomic E-state index is 0.519. The number of nitrogens with zero attached hydrogens (tertiary/aromatic N) is 5. The highest BCUT2D eigenvalue weighted by Crippen LogP contribution is 2.39. The third kappa shape index (κ3) is 3.82. The smallest absolute Gasteiger partial charge is 0.163 e. The molecule has 2 aromatic heterocycles. The predicted molar refractivity (Wildman–Crippen MR) is 120 cm³/mol. The highest BCUT2D eigenvalue weighted by Gasteiger charge is 2.41. The summed E-state index contributed by atoms with van der Waals surface area (Å²) in [5.41, 5.74) is 3.39. The van der Waals surface area contributed by atoms with Crippen molar-refractivity contribution < 1.29 is 0 Å². The van der Waals surface area contributed by atoms with E-state index >= 15 is 0 Å². The Kier molecular flexibility index (Phi) is 5.21. The fraction of sp³-hybridized carbons (Fsp3) is 0.400.